The minimum absolute atomic E-state index is 0.0481. The standard InChI is InChI=1S/C40H64N2O7/c1-23-19-26(33(36(5,6)45)47-24(2)43)48-27-20-38(8)29-10-9-28-35(3,4)30(49-31-21-42(17-18-46-31)25-12-16-41-34(25)44)11-13-39(28)22-40(29,39)15-14-37(38,7)32(23)27/h23,25-33,45H,9-22H2,1-8H3,(H,41,44)/t23-,25+,26?,27?,28?,29+,30+,31?,32?,33+,37-,38+,39-,40+/m1/s1. The summed E-state index contributed by atoms with van der Waals surface area (Å²) in [6.45, 7) is 20.3. The van der Waals surface area contributed by atoms with Gasteiger partial charge in [0.05, 0.1) is 43.1 Å². The van der Waals surface area contributed by atoms with E-state index in [1.807, 2.05) is 0 Å². The average Bonchev–Trinajstić information content (AvgIpc) is 3.36. The summed E-state index contributed by atoms with van der Waals surface area (Å²) in [4.78, 5) is 26.8. The molecule has 1 amide bonds. The van der Waals surface area contributed by atoms with Crippen LogP contribution in [0, 0.1) is 50.7 Å². The Morgan fingerprint density at radius 2 is 1.78 bits per heavy atom. The molecule has 49 heavy (non-hydrogen) atoms. The van der Waals surface area contributed by atoms with Crippen molar-refractivity contribution in [2.24, 2.45) is 50.7 Å². The summed E-state index contributed by atoms with van der Waals surface area (Å²) in [7, 11) is 0. The van der Waals surface area contributed by atoms with E-state index >= 15 is 0 Å². The second-order valence-electron chi connectivity index (χ2n) is 19.7. The predicted molar refractivity (Wildman–Crippen MR) is 184 cm³/mol. The van der Waals surface area contributed by atoms with Crippen LogP contribution in [0.2, 0.25) is 0 Å². The van der Waals surface area contributed by atoms with Gasteiger partial charge in [0.2, 0.25) is 5.91 Å². The molecule has 14 atom stereocenters. The molecule has 0 aromatic carbocycles. The number of rotatable bonds is 6. The van der Waals surface area contributed by atoms with Crippen molar-refractivity contribution < 1.29 is 33.6 Å². The molecule has 2 N–H and O–H groups in total. The van der Waals surface area contributed by atoms with Gasteiger partial charge in [0.1, 0.15) is 0 Å². The van der Waals surface area contributed by atoms with Crippen LogP contribution in [-0.4, -0.2) is 90.5 Å². The van der Waals surface area contributed by atoms with E-state index < -0.39 is 11.7 Å². The van der Waals surface area contributed by atoms with E-state index in [9.17, 15) is 14.7 Å². The van der Waals surface area contributed by atoms with Crippen LogP contribution in [0.3, 0.4) is 0 Å². The highest BCUT2D eigenvalue weighted by Gasteiger charge is 2.83. The lowest BCUT2D eigenvalue weighted by atomic mass is 9.41. The third-order valence-corrected chi connectivity index (χ3v) is 16.8. The maximum Gasteiger partial charge on any atom is 0.303 e. The fourth-order valence-corrected chi connectivity index (χ4v) is 14.7. The molecule has 0 aromatic heterocycles. The number of carbonyl (C=O) groups excluding carboxylic acids is 2. The van der Waals surface area contributed by atoms with Crippen molar-refractivity contribution in [1.82, 2.24) is 10.2 Å². The number of ether oxygens (including phenoxy) is 4. The highest BCUT2D eigenvalue weighted by molar-refractivity contribution is 5.83. The van der Waals surface area contributed by atoms with Gasteiger partial charge in [0.15, 0.2) is 12.4 Å². The zero-order valence-corrected chi connectivity index (χ0v) is 31.5. The van der Waals surface area contributed by atoms with Crippen molar-refractivity contribution >= 4 is 11.9 Å². The number of morpholine rings is 1. The summed E-state index contributed by atoms with van der Waals surface area (Å²) < 4.78 is 25.9. The van der Waals surface area contributed by atoms with Crippen molar-refractivity contribution in [1.29, 1.82) is 0 Å². The third-order valence-electron chi connectivity index (χ3n) is 16.8. The fourth-order valence-electron chi connectivity index (χ4n) is 14.7. The van der Waals surface area contributed by atoms with Crippen LogP contribution in [0.4, 0.5) is 0 Å². The molecule has 276 valence electrons. The van der Waals surface area contributed by atoms with Crippen LogP contribution in [-0.2, 0) is 28.5 Å². The lowest BCUT2D eigenvalue weighted by Crippen LogP contribution is -2.59. The predicted octanol–water partition coefficient (Wildman–Crippen LogP) is 5.46. The molecule has 8 rings (SSSR count). The topological polar surface area (TPSA) is 107 Å². The monoisotopic (exact) mass is 684 g/mol. The molecule has 3 saturated heterocycles. The average molecular weight is 685 g/mol. The lowest BCUT2D eigenvalue weighted by molar-refractivity contribution is -0.249. The quantitative estimate of drug-likeness (QED) is 0.356. The normalized spacial score (nSPS) is 51.0. The molecular weight excluding hydrogens is 620 g/mol. The molecule has 5 aliphatic carbocycles. The van der Waals surface area contributed by atoms with E-state index in [4.69, 9.17) is 18.9 Å². The molecule has 8 aliphatic rings. The first-order chi connectivity index (χ1) is 23.0. The van der Waals surface area contributed by atoms with Gasteiger partial charge in [-0.1, -0.05) is 34.6 Å². The SMILES string of the molecule is CC(=O)O[C@@H](C1C[C@@H](C)C2C(C[C@@]3(C)[C@@H]4CCC5C(C)(C)[C@@H](OC6CN([C@H]7CCNC7=O)CCO6)CC[C@@]56C[C@@]46CC[C@]23C)O1)C(C)(C)O. The molecule has 2 spiro atoms. The summed E-state index contributed by atoms with van der Waals surface area (Å²) in [6, 6.07) is -0.0481. The van der Waals surface area contributed by atoms with E-state index in [-0.39, 0.29) is 58.8 Å². The third kappa shape index (κ3) is 4.93. The Morgan fingerprint density at radius 3 is 2.47 bits per heavy atom. The van der Waals surface area contributed by atoms with Gasteiger partial charge in [-0.05, 0) is 129 Å². The lowest BCUT2D eigenvalue weighted by Gasteiger charge is -2.63. The number of carbonyl (C=O) groups is 2. The van der Waals surface area contributed by atoms with Gasteiger partial charge in [-0.2, -0.15) is 0 Å². The minimum atomic E-state index is -1.17. The molecule has 3 aliphatic heterocycles. The van der Waals surface area contributed by atoms with Crippen LogP contribution >= 0.6 is 0 Å². The molecule has 9 nitrogen and oxygen atoms in total. The molecular formula is C40H64N2O7. The number of fused-ring (bicyclic) bond motifs is 4. The zero-order valence-electron chi connectivity index (χ0n) is 31.5. The zero-order chi connectivity index (χ0) is 34.9. The van der Waals surface area contributed by atoms with Gasteiger partial charge in [0.25, 0.3) is 0 Å². The Labute approximate surface area is 294 Å². The van der Waals surface area contributed by atoms with Crippen molar-refractivity contribution in [2.75, 3.05) is 26.2 Å². The maximum absolute atomic E-state index is 12.4. The highest BCUT2D eigenvalue weighted by atomic mass is 16.7. The second-order valence-corrected chi connectivity index (χ2v) is 19.7. The number of hydrogen-bond donors (Lipinski definition) is 2. The number of amides is 1. The van der Waals surface area contributed by atoms with Gasteiger partial charge in [-0.15, -0.1) is 0 Å². The number of hydrogen-bond acceptors (Lipinski definition) is 8. The van der Waals surface area contributed by atoms with Gasteiger partial charge >= 0.3 is 5.97 Å². The van der Waals surface area contributed by atoms with E-state index in [2.05, 4.69) is 44.8 Å². The van der Waals surface area contributed by atoms with Crippen molar-refractivity contribution in [3.63, 3.8) is 0 Å². The Balaban J connectivity index is 0.995. The van der Waals surface area contributed by atoms with Gasteiger partial charge < -0.3 is 29.4 Å². The first-order valence-electron chi connectivity index (χ1n) is 19.8. The van der Waals surface area contributed by atoms with Gasteiger partial charge in [0, 0.05) is 20.0 Å². The van der Waals surface area contributed by atoms with Crippen molar-refractivity contribution in [3.05, 3.63) is 0 Å². The van der Waals surface area contributed by atoms with E-state index in [0.29, 0.717) is 47.7 Å². The highest BCUT2D eigenvalue weighted by Crippen LogP contribution is 2.89. The summed E-state index contributed by atoms with van der Waals surface area (Å²) in [5, 5.41) is 14.0. The van der Waals surface area contributed by atoms with Crippen molar-refractivity contribution in [3.8, 4) is 0 Å². The first kappa shape index (κ1) is 34.8. The number of esters is 1. The smallest absolute Gasteiger partial charge is 0.303 e. The van der Waals surface area contributed by atoms with E-state index in [1.54, 1.807) is 13.8 Å². The number of aliphatic hydroxyl groups is 1. The largest absolute Gasteiger partial charge is 0.457 e. The van der Waals surface area contributed by atoms with Gasteiger partial charge in [-0.3, -0.25) is 14.5 Å². The summed E-state index contributed by atoms with van der Waals surface area (Å²) >= 11 is 0. The maximum atomic E-state index is 12.4. The Hall–Kier alpha value is -1.26. The van der Waals surface area contributed by atoms with Crippen LogP contribution in [0.1, 0.15) is 120 Å². The first-order valence-corrected chi connectivity index (χ1v) is 19.8. The van der Waals surface area contributed by atoms with E-state index in [1.165, 1.54) is 45.4 Å². The Bertz CT molecular complexity index is 1350. The summed E-state index contributed by atoms with van der Waals surface area (Å²) in [6.07, 6.45) is 10.6. The van der Waals surface area contributed by atoms with Crippen molar-refractivity contribution in [2.45, 2.75) is 162 Å². The molecule has 9 heteroatoms. The Kier molecular flexibility index (Phi) is 8.08. The number of nitrogens with zero attached hydrogens (tertiary/aromatic N) is 1. The number of nitrogens with one attached hydrogen (secondary N) is 1. The van der Waals surface area contributed by atoms with Crippen LogP contribution in [0.15, 0.2) is 0 Å². The molecule has 0 bridgehead atoms. The van der Waals surface area contributed by atoms with Crippen LogP contribution < -0.4 is 5.32 Å². The van der Waals surface area contributed by atoms with Crippen LogP contribution in [0.25, 0.3) is 0 Å². The van der Waals surface area contributed by atoms with E-state index in [0.717, 1.165) is 38.8 Å². The minimum Gasteiger partial charge on any atom is -0.457 e. The fraction of sp³-hybridized carbons (Fsp3) is 0.950. The molecule has 5 unspecified atom stereocenters. The summed E-state index contributed by atoms with van der Waals surface area (Å²) in [5.41, 5.74) is 0.0834. The second kappa shape index (κ2) is 11.4. The molecule has 3 heterocycles. The molecule has 0 aromatic rings. The summed E-state index contributed by atoms with van der Waals surface area (Å²) in [5.74, 6) is 2.02. The molecule has 8 fully saturated rings. The molecule has 5 saturated carbocycles. The van der Waals surface area contributed by atoms with Crippen LogP contribution in [0.5, 0.6) is 0 Å². The molecule has 0 radical (unpaired) electrons. The van der Waals surface area contributed by atoms with Gasteiger partial charge in [-0.25, -0.2) is 0 Å². The Morgan fingerprint density at radius 1 is 1.04 bits per heavy atom.